The standard InChI is InChI=1S/C48H35NSSi/c1-5-15-36(16-6-1)37-25-27-38(28-26-37)49(40-31-34-46-45-23-13-14-24-47(45)50-48(46)35-40)39-29-32-44(33-30-39)51(41-17-7-2-8-18-41,42-19-9-3-10-20-42)43-21-11-4-12-22-43/h1-35H. The van der Waals surface area contributed by atoms with Crippen molar-refractivity contribution in [3.63, 3.8) is 0 Å². The SMILES string of the molecule is c1ccc(-c2ccc(N(c3ccc([Si](c4ccccc4)(c4ccccc4)c4ccccc4)cc3)c3ccc4c(c3)sc3ccccc34)cc2)cc1. The lowest BCUT2D eigenvalue weighted by molar-refractivity contribution is 1.29. The van der Waals surface area contributed by atoms with Gasteiger partial charge in [-0.1, -0.05) is 170 Å². The molecule has 1 heterocycles. The van der Waals surface area contributed by atoms with Crippen LogP contribution in [0.15, 0.2) is 212 Å². The van der Waals surface area contributed by atoms with E-state index >= 15 is 0 Å². The topological polar surface area (TPSA) is 3.24 Å². The van der Waals surface area contributed by atoms with Crippen LogP contribution in [-0.4, -0.2) is 8.07 Å². The molecule has 51 heavy (non-hydrogen) atoms. The highest BCUT2D eigenvalue weighted by atomic mass is 32.1. The van der Waals surface area contributed by atoms with E-state index in [1.807, 2.05) is 11.3 Å². The molecule has 0 aliphatic heterocycles. The molecular weight excluding hydrogens is 651 g/mol. The molecule has 0 aliphatic rings. The summed E-state index contributed by atoms with van der Waals surface area (Å²) in [4.78, 5) is 2.40. The first kappa shape index (κ1) is 31.0. The molecule has 0 bridgehead atoms. The second-order valence-electron chi connectivity index (χ2n) is 12.9. The maximum atomic E-state index is 2.40. The van der Waals surface area contributed by atoms with Crippen molar-refractivity contribution in [1.82, 2.24) is 0 Å². The van der Waals surface area contributed by atoms with Crippen LogP contribution < -0.4 is 25.6 Å². The first-order valence-electron chi connectivity index (χ1n) is 17.4. The lowest BCUT2D eigenvalue weighted by Gasteiger charge is -2.35. The van der Waals surface area contributed by atoms with E-state index in [0.717, 1.165) is 17.1 Å². The van der Waals surface area contributed by atoms with Crippen molar-refractivity contribution in [2.75, 3.05) is 4.90 Å². The average Bonchev–Trinajstić information content (AvgIpc) is 3.59. The van der Waals surface area contributed by atoms with Crippen molar-refractivity contribution in [2.45, 2.75) is 0 Å². The number of hydrogen-bond donors (Lipinski definition) is 0. The highest BCUT2D eigenvalue weighted by molar-refractivity contribution is 7.25. The fraction of sp³-hybridized carbons (Fsp3) is 0. The Morgan fingerprint density at radius 2 is 0.725 bits per heavy atom. The zero-order valence-electron chi connectivity index (χ0n) is 28.1. The molecule has 9 rings (SSSR count). The minimum absolute atomic E-state index is 1.13. The molecule has 8 aromatic carbocycles. The Bertz CT molecular complexity index is 2450. The number of benzene rings is 8. The van der Waals surface area contributed by atoms with Crippen LogP contribution in [0.25, 0.3) is 31.3 Å². The van der Waals surface area contributed by atoms with Crippen LogP contribution >= 0.6 is 11.3 Å². The Balaban J connectivity index is 1.22. The molecule has 9 aromatic rings. The summed E-state index contributed by atoms with van der Waals surface area (Å²) in [5, 5.41) is 8.10. The van der Waals surface area contributed by atoms with Crippen molar-refractivity contribution in [2.24, 2.45) is 0 Å². The maximum Gasteiger partial charge on any atom is 0.179 e. The normalized spacial score (nSPS) is 11.5. The van der Waals surface area contributed by atoms with Gasteiger partial charge in [0.15, 0.2) is 8.07 Å². The van der Waals surface area contributed by atoms with Crippen molar-refractivity contribution in [3.8, 4) is 11.1 Å². The largest absolute Gasteiger partial charge is 0.310 e. The molecule has 0 saturated carbocycles. The van der Waals surface area contributed by atoms with Gasteiger partial charge >= 0.3 is 0 Å². The lowest BCUT2D eigenvalue weighted by Crippen LogP contribution is -2.74. The summed E-state index contributed by atoms with van der Waals surface area (Å²) >= 11 is 1.86. The van der Waals surface area contributed by atoms with Crippen LogP contribution in [0, 0.1) is 0 Å². The zero-order chi connectivity index (χ0) is 34.0. The maximum absolute atomic E-state index is 2.63. The zero-order valence-corrected chi connectivity index (χ0v) is 29.9. The summed E-state index contributed by atoms with van der Waals surface area (Å²) in [5.74, 6) is 0. The van der Waals surface area contributed by atoms with Crippen molar-refractivity contribution in [1.29, 1.82) is 0 Å². The smallest absolute Gasteiger partial charge is 0.179 e. The molecule has 1 nitrogen and oxygen atoms in total. The van der Waals surface area contributed by atoms with Gasteiger partial charge in [-0.25, -0.2) is 0 Å². The van der Waals surface area contributed by atoms with E-state index < -0.39 is 8.07 Å². The van der Waals surface area contributed by atoms with Gasteiger partial charge in [0.1, 0.15) is 0 Å². The van der Waals surface area contributed by atoms with Gasteiger partial charge in [0.25, 0.3) is 0 Å². The molecule has 0 atom stereocenters. The summed E-state index contributed by atoms with van der Waals surface area (Å²) < 4.78 is 2.61. The molecule has 0 fully saturated rings. The predicted molar refractivity (Wildman–Crippen MR) is 223 cm³/mol. The molecular formula is C48H35NSSi. The van der Waals surface area contributed by atoms with Gasteiger partial charge in [-0.3, -0.25) is 0 Å². The van der Waals surface area contributed by atoms with Crippen LogP contribution in [-0.2, 0) is 0 Å². The molecule has 0 saturated heterocycles. The number of thiophene rings is 1. The fourth-order valence-corrected chi connectivity index (χ4v) is 13.5. The van der Waals surface area contributed by atoms with Crippen LogP contribution in [0.2, 0.25) is 0 Å². The molecule has 0 radical (unpaired) electrons. The molecule has 242 valence electrons. The van der Waals surface area contributed by atoms with Gasteiger partial charge in [0.2, 0.25) is 0 Å². The Kier molecular flexibility index (Phi) is 8.13. The lowest BCUT2D eigenvalue weighted by atomic mass is 10.0. The summed E-state index contributed by atoms with van der Waals surface area (Å²) in [7, 11) is -2.63. The molecule has 1 aromatic heterocycles. The third-order valence-electron chi connectivity index (χ3n) is 10.0. The van der Waals surface area contributed by atoms with Crippen LogP contribution in [0.5, 0.6) is 0 Å². The van der Waals surface area contributed by atoms with Gasteiger partial charge < -0.3 is 4.90 Å². The average molecular weight is 686 g/mol. The minimum atomic E-state index is -2.63. The third kappa shape index (κ3) is 5.57. The Morgan fingerprint density at radius 3 is 1.29 bits per heavy atom. The summed E-state index contributed by atoms with van der Waals surface area (Å²) in [5.41, 5.74) is 5.82. The summed E-state index contributed by atoms with van der Waals surface area (Å²) in [6.45, 7) is 0. The van der Waals surface area contributed by atoms with Gasteiger partial charge in [-0.2, -0.15) is 0 Å². The molecule has 3 heteroatoms. The van der Waals surface area contributed by atoms with Crippen molar-refractivity contribution < 1.29 is 0 Å². The first-order chi connectivity index (χ1) is 25.3. The van der Waals surface area contributed by atoms with E-state index in [-0.39, 0.29) is 0 Å². The van der Waals surface area contributed by atoms with Crippen molar-refractivity contribution >= 4 is 77.4 Å². The minimum Gasteiger partial charge on any atom is -0.310 e. The highest BCUT2D eigenvalue weighted by Crippen LogP contribution is 2.40. The molecule has 0 spiro atoms. The molecule has 0 unspecified atom stereocenters. The number of fused-ring (bicyclic) bond motifs is 3. The summed E-state index contributed by atoms with van der Waals surface area (Å²) in [6, 6.07) is 78.0. The molecule has 0 aliphatic carbocycles. The van der Waals surface area contributed by atoms with Gasteiger partial charge in [-0.05, 0) is 74.3 Å². The van der Waals surface area contributed by atoms with E-state index in [4.69, 9.17) is 0 Å². The van der Waals surface area contributed by atoms with Crippen LogP contribution in [0.4, 0.5) is 17.1 Å². The van der Waals surface area contributed by atoms with Crippen LogP contribution in [0.1, 0.15) is 0 Å². The quantitative estimate of drug-likeness (QED) is 0.114. The third-order valence-corrected chi connectivity index (χ3v) is 16.0. The Morgan fingerprint density at radius 1 is 0.314 bits per heavy atom. The van der Waals surface area contributed by atoms with Gasteiger partial charge in [0.05, 0.1) is 0 Å². The highest BCUT2D eigenvalue weighted by Gasteiger charge is 2.41. The Labute approximate surface area is 304 Å². The fourth-order valence-electron chi connectivity index (χ4n) is 7.66. The van der Waals surface area contributed by atoms with E-state index in [2.05, 4.69) is 217 Å². The molecule has 0 amide bonds. The monoisotopic (exact) mass is 685 g/mol. The number of rotatable bonds is 8. The number of anilines is 3. The van der Waals surface area contributed by atoms with E-state index in [1.54, 1.807) is 0 Å². The second kappa shape index (κ2) is 13.4. The first-order valence-corrected chi connectivity index (χ1v) is 20.2. The summed E-state index contributed by atoms with van der Waals surface area (Å²) in [6.07, 6.45) is 0. The van der Waals surface area contributed by atoms with Crippen LogP contribution in [0.3, 0.4) is 0 Å². The van der Waals surface area contributed by atoms with E-state index in [1.165, 1.54) is 52.0 Å². The van der Waals surface area contributed by atoms with Gasteiger partial charge in [0, 0.05) is 37.2 Å². The number of hydrogen-bond acceptors (Lipinski definition) is 2. The molecule has 0 N–H and O–H groups in total. The van der Waals surface area contributed by atoms with Gasteiger partial charge in [-0.15, -0.1) is 11.3 Å². The Hall–Kier alpha value is -6.00. The predicted octanol–water partition coefficient (Wildman–Crippen LogP) is 10.6. The number of nitrogens with zero attached hydrogens (tertiary/aromatic N) is 1. The van der Waals surface area contributed by atoms with E-state index in [9.17, 15) is 0 Å². The van der Waals surface area contributed by atoms with Crippen molar-refractivity contribution in [3.05, 3.63) is 212 Å². The second-order valence-corrected chi connectivity index (χ2v) is 17.8. The van der Waals surface area contributed by atoms with E-state index in [0.29, 0.717) is 0 Å².